The lowest BCUT2D eigenvalue weighted by Crippen LogP contribution is -2.38. The number of aryl methyl sites for hydroxylation is 1. The van der Waals surface area contributed by atoms with Crippen molar-refractivity contribution in [3.05, 3.63) is 54.3 Å². The molecular weight excluding hydrogens is 264 g/mol. The molecule has 0 saturated carbocycles. The Balaban J connectivity index is 1.78. The molecule has 0 aromatic carbocycles. The number of nitrogens with zero attached hydrogens (tertiary/aromatic N) is 2. The second-order valence-electron chi connectivity index (χ2n) is 5.44. The Morgan fingerprint density at radius 2 is 2.24 bits per heavy atom. The van der Waals surface area contributed by atoms with Crippen molar-refractivity contribution in [1.82, 2.24) is 9.47 Å². The number of carbonyl (C=O) groups is 1. The van der Waals surface area contributed by atoms with Gasteiger partial charge in [0, 0.05) is 31.6 Å². The number of aromatic nitrogens is 1. The molecule has 1 aliphatic rings. The molecule has 21 heavy (non-hydrogen) atoms. The molecule has 4 heteroatoms. The standard InChI is InChI=1S/C17H20N2O2/c1-18-11-4-8-15(18)16-7-2-3-12-19(16)17(20)10-9-14-6-5-13-21-14/h4-6,8-11,13,16H,2-3,7,12H2,1H3/b10-9+. The third-order valence-electron chi connectivity index (χ3n) is 4.04. The molecule has 0 radical (unpaired) electrons. The number of carbonyl (C=O) groups excluding carboxylic acids is 1. The van der Waals surface area contributed by atoms with Crippen LogP contribution < -0.4 is 0 Å². The quantitative estimate of drug-likeness (QED) is 0.810. The van der Waals surface area contributed by atoms with Crippen LogP contribution in [0.25, 0.3) is 6.08 Å². The molecule has 1 fully saturated rings. The molecule has 2 aromatic rings. The lowest BCUT2D eigenvalue weighted by Gasteiger charge is -2.35. The molecule has 3 heterocycles. The van der Waals surface area contributed by atoms with Crippen molar-refractivity contribution < 1.29 is 9.21 Å². The Morgan fingerprint density at radius 1 is 1.33 bits per heavy atom. The maximum Gasteiger partial charge on any atom is 0.247 e. The van der Waals surface area contributed by atoms with E-state index in [-0.39, 0.29) is 11.9 Å². The topological polar surface area (TPSA) is 38.4 Å². The van der Waals surface area contributed by atoms with Crippen molar-refractivity contribution in [2.75, 3.05) is 6.54 Å². The first kappa shape index (κ1) is 13.7. The molecule has 0 bridgehead atoms. The molecule has 1 saturated heterocycles. The zero-order valence-corrected chi connectivity index (χ0v) is 12.2. The average molecular weight is 284 g/mol. The molecule has 1 unspecified atom stereocenters. The van der Waals surface area contributed by atoms with Gasteiger partial charge < -0.3 is 13.9 Å². The minimum atomic E-state index is 0.0531. The summed E-state index contributed by atoms with van der Waals surface area (Å²) in [6.07, 6.45) is 10.3. The highest BCUT2D eigenvalue weighted by Gasteiger charge is 2.28. The largest absolute Gasteiger partial charge is 0.465 e. The van der Waals surface area contributed by atoms with Crippen molar-refractivity contribution in [3.63, 3.8) is 0 Å². The second-order valence-corrected chi connectivity index (χ2v) is 5.44. The molecule has 1 atom stereocenters. The Morgan fingerprint density at radius 3 is 2.95 bits per heavy atom. The Labute approximate surface area is 124 Å². The van der Waals surface area contributed by atoms with Gasteiger partial charge in [-0.1, -0.05) is 0 Å². The van der Waals surface area contributed by atoms with Gasteiger partial charge in [0.2, 0.25) is 5.91 Å². The molecule has 0 spiro atoms. The highest BCUT2D eigenvalue weighted by atomic mass is 16.3. The monoisotopic (exact) mass is 284 g/mol. The van der Waals surface area contributed by atoms with E-state index in [4.69, 9.17) is 4.42 Å². The normalized spacial score (nSPS) is 19.3. The van der Waals surface area contributed by atoms with E-state index in [2.05, 4.69) is 10.6 Å². The zero-order chi connectivity index (χ0) is 14.7. The lowest BCUT2D eigenvalue weighted by atomic mass is 9.99. The SMILES string of the molecule is Cn1cccc1C1CCCCN1C(=O)/C=C/c1ccco1. The van der Waals surface area contributed by atoms with Crippen LogP contribution >= 0.6 is 0 Å². The van der Waals surface area contributed by atoms with Gasteiger partial charge in [-0.15, -0.1) is 0 Å². The highest BCUT2D eigenvalue weighted by molar-refractivity contribution is 5.91. The Bertz CT molecular complexity index is 625. The molecule has 1 amide bonds. The van der Waals surface area contributed by atoms with Gasteiger partial charge >= 0.3 is 0 Å². The molecule has 0 aliphatic carbocycles. The molecule has 4 nitrogen and oxygen atoms in total. The molecule has 0 N–H and O–H groups in total. The predicted molar refractivity (Wildman–Crippen MR) is 81.5 cm³/mol. The number of hydrogen-bond acceptors (Lipinski definition) is 2. The van der Waals surface area contributed by atoms with Gasteiger partial charge in [-0.3, -0.25) is 4.79 Å². The summed E-state index contributed by atoms with van der Waals surface area (Å²) < 4.78 is 7.33. The third kappa shape index (κ3) is 2.94. The van der Waals surface area contributed by atoms with Gasteiger partial charge in [0.05, 0.1) is 12.3 Å². The van der Waals surface area contributed by atoms with Crippen LogP contribution in [-0.4, -0.2) is 21.9 Å². The predicted octanol–water partition coefficient (Wildman–Crippen LogP) is 3.39. The zero-order valence-electron chi connectivity index (χ0n) is 12.2. The first-order chi connectivity index (χ1) is 10.3. The number of piperidine rings is 1. The summed E-state index contributed by atoms with van der Waals surface area (Å²) in [6.45, 7) is 0.817. The first-order valence-electron chi connectivity index (χ1n) is 7.39. The van der Waals surface area contributed by atoms with Crippen molar-refractivity contribution in [1.29, 1.82) is 0 Å². The molecule has 110 valence electrons. The fraction of sp³-hybridized carbons (Fsp3) is 0.353. The van der Waals surface area contributed by atoms with Crippen LogP contribution in [0, 0.1) is 0 Å². The number of amides is 1. The fourth-order valence-electron chi connectivity index (χ4n) is 2.96. The second kappa shape index (κ2) is 6.04. The van der Waals surface area contributed by atoms with E-state index in [0.29, 0.717) is 5.76 Å². The van der Waals surface area contributed by atoms with Crippen LogP contribution in [0.5, 0.6) is 0 Å². The van der Waals surface area contributed by atoms with Crippen molar-refractivity contribution in [2.24, 2.45) is 7.05 Å². The summed E-state index contributed by atoms with van der Waals surface area (Å²) in [7, 11) is 2.03. The molecular formula is C17H20N2O2. The Kier molecular flexibility index (Phi) is 3.95. The van der Waals surface area contributed by atoms with E-state index in [1.165, 1.54) is 12.1 Å². The van der Waals surface area contributed by atoms with Crippen molar-refractivity contribution in [2.45, 2.75) is 25.3 Å². The fourth-order valence-corrected chi connectivity index (χ4v) is 2.96. The van der Waals surface area contributed by atoms with Crippen molar-refractivity contribution >= 4 is 12.0 Å². The number of likely N-dealkylation sites (tertiary alicyclic amines) is 1. The smallest absolute Gasteiger partial charge is 0.247 e. The summed E-state index contributed by atoms with van der Waals surface area (Å²) in [5.41, 5.74) is 1.20. The van der Waals surface area contributed by atoms with Crippen LogP contribution in [0.4, 0.5) is 0 Å². The first-order valence-corrected chi connectivity index (χ1v) is 7.39. The van der Waals surface area contributed by atoms with E-state index in [9.17, 15) is 4.79 Å². The van der Waals surface area contributed by atoms with E-state index in [0.717, 1.165) is 19.4 Å². The van der Waals surface area contributed by atoms with Crippen molar-refractivity contribution in [3.8, 4) is 0 Å². The number of furan rings is 1. The molecule has 2 aromatic heterocycles. The van der Waals surface area contributed by atoms with E-state index < -0.39 is 0 Å². The highest BCUT2D eigenvalue weighted by Crippen LogP contribution is 2.31. The minimum absolute atomic E-state index is 0.0531. The van der Waals surface area contributed by atoms with E-state index in [1.54, 1.807) is 18.4 Å². The molecule has 3 rings (SSSR count). The summed E-state index contributed by atoms with van der Waals surface area (Å²) >= 11 is 0. The van der Waals surface area contributed by atoms with Crippen LogP contribution in [0.15, 0.2) is 47.2 Å². The average Bonchev–Trinajstić information content (AvgIpc) is 3.16. The third-order valence-corrected chi connectivity index (χ3v) is 4.04. The van der Waals surface area contributed by atoms with Gasteiger partial charge in [0.25, 0.3) is 0 Å². The summed E-state index contributed by atoms with van der Waals surface area (Å²) in [4.78, 5) is 14.5. The van der Waals surface area contributed by atoms with Gasteiger partial charge in [0.1, 0.15) is 5.76 Å². The van der Waals surface area contributed by atoms with Crippen LogP contribution in [0.2, 0.25) is 0 Å². The maximum atomic E-state index is 12.5. The van der Waals surface area contributed by atoms with E-state index >= 15 is 0 Å². The van der Waals surface area contributed by atoms with Crippen LogP contribution in [0.3, 0.4) is 0 Å². The van der Waals surface area contributed by atoms with E-state index in [1.807, 2.05) is 36.3 Å². The summed E-state index contributed by atoms with van der Waals surface area (Å²) in [6, 6.07) is 7.97. The number of rotatable bonds is 3. The minimum Gasteiger partial charge on any atom is -0.465 e. The van der Waals surface area contributed by atoms with Gasteiger partial charge in [-0.25, -0.2) is 0 Å². The molecule has 1 aliphatic heterocycles. The maximum absolute atomic E-state index is 12.5. The van der Waals surface area contributed by atoms with Gasteiger partial charge in [-0.2, -0.15) is 0 Å². The summed E-state index contributed by atoms with van der Waals surface area (Å²) in [5, 5.41) is 0. The van der Waals surface area contributed by atoms with Gasteiger partial charge in [0.15, 0.2) is 0 Å². The summed E-state index contributed by atoms with van der Waals surface area (Å²) in [5.74, 6) is 0.757. The Hall–Kier alpha value is -2.23. The number of hydrogen-bond donors (Lipinski definition) is 0. The van der Waals surface area contributed by atoms with Crippen LogP contribution in [-0.2, 0) is 11.8 Å². The van der Waals surface area contributed by atoms with Crippen LogP contribution in [0.1, 0.15) is 36.8 Å². The van der Waals surface area contributed by atoms with Gasteiger partial charge in [-0.05, 0) is 49.6 Å². The lowest BCUT2D eigenvalue weighted by molar-refractivity contribution is -0.129.